The molecule has 0 aliphatic rings. The van der Waals surface area contributed by atoms with Crippen molar-refractivity contribution in [2.24, 2.45) is 0 Å². The number of aldehydes is 1. The molecule has 16 heavy (non-hydrogen) atoms. The summed E-state index contributed by atoms with van der Waals surface area (Å²) in [5, 5.41) is 0. The van der Waals surface area contributed by atoms with Gasteiger partial charge in [-0.15, -0.1) is 0 Å². The van der Waals surface area contributed by atoms with Crippen LogP contribution in [0.1, 0.15) is 10.4 Å². The summed E-state index contributed by atoms with van der Waals surface area (Å²) < 4.78 is 14.3. The first-order valence-corrected chi connectivity index (χ1v) is 5.50. The standard InChI is InChI=1S/C13H8BrFO/c14-11-5-6-12(13(15)7-11)10-3-1-9(8-16)2-4-10/h1-8H. The van der Waals surface area contributed by atoms with Crippen LogP contribution in [0.3, 0.4) is 0 Å². The quantitative estimate of drug-likeness (QED) is 0.757. The van der Waals surface area contributed by atoms with Crippen molar-refractivity contribution in [2.45, 2.75) is 0 Å². The molecule has 0 N–H and O–H groups in total. The van der Waals surface area contributed by atoms with Crippen molar-refractivity contribution in [1.82, 2.24) is 0 Å². The number of hydrogen-bond acceptors (Lipinski definition) is 1. The molecule has 2 aromatic carbocycles. The second kappa shape index (κ2) is 4.58. The molecule has 0 fully saturated rings. The second-order valence-electron chi connectivity index (χ2n) is 3.36. The topological polar surface area (TPSA) is 17.1 Å². The van der Waals surface area contributed by atoms with Crippen LogP contribution in [0.4, 0.5) is 4.39 Å². The molecule has 0 atom stereocenters. The van der Waals surface area contributed by atoms with Crippen LogP contribution in [0.15, 0.2) is 46.9 Å². The molecule has 0 aromatic heterocycles. The van der Waals surface area contributed by atoms with Crippen molar-refractivity contribution >= 4 is 22.2 Å². The Kier molecular flexibility index (Phi) is 3.15. The zero-order chi connectivity index (χ0) is 11.5. The van der Waals surface area contributed by atoms with E-state index < -0.39 is 0 Å². The molecular formula is C13H8BrFO. The van der Waals surface area contributed by atoms with E-state index in [-0.39, 0.29) is 5.82 Å². The maximum atomic E-state index is 13.6. The van der Waals surface area contributed by atoms with E-state index in [4.69, 9.17) is 0 Å². The Morgan fingerprint density at radius 3 is 2.31 bits per heavy atom. The maximum Gasteiger partial charge on any atom is 0.150 e. The molecule has 2 aromatic rings. The number of hydrogen-bond donors (Lipinski definition) is 0. The number of benzene rings is 2. The van der Waals surface area contributed by atoms with E-state index in [0.717, 1.165) is 11.8 Å². The summed E-state index contributed by atoms with van der Waals surface area (Å²) in [5.74, 6) is -0.284. The van der Waals surface area contributed by atoms with Crippen LogP contribution in [-0.2, 0) is 0 Å². The van der Waals surface area contributed by atoms with Gasteiger partial charge in [0.2, 0.25) is 0 Å². The summed E-state index contributed by atoms with van der Waals surface area (Å²) in [6, 6.07) is 11.7. The van der Waals surface area contributed by atoms with Gasteiger partial charge in [0.1, 0.15) is 12.1 Å². The van der Waals surface area contributed by atoms with Crippen LogP contribution in [0.25, 0.3) is 11.1 Å². The summed E-state index contributed by atoms with van der Waals surface area (Å²) in [6.07, 6.45) is 0.766. The van der Waals surface area contributed by atoms with Gasteiger partial charge >= 0.3 is 0 Å². The zero-order valence-corrected chi connectivity index (χ0v) is 9.87. The minimum absolute atomic E-state index is 0.284. The van der Waals surface area contributed by atoms with Gasteiger partial charge in [-0.05, 0) is 17.7 Å². The molecule has 80 valence electrons. The largest absolute Gasteiger partial charge is 0.298 e. The molecule has 0 spiro atoms. The average Bonchev–Trinajstić information content (AvgIpc) is 2.29. The Morgan fingerprint density at radius 1 is 1.06 bits per heavy atom. The lowest BCUT2D eigenvalue weighted by Crippen LogP contribution is -1.85. The summed E-state index contributed by atoms with van der Waals surface area (Å²) in [5.41, 5.74) is 1.87. The lowest BCUT2D eigenvalue weighted by molar-refractivity contribution is 0.112. The monoisotopic (exact) mass is 278 g/mol. The van der Waals surface area contributed by atoms with Crippen molar-refractivity contribution in [3.63, 3.8) is 0 Å². The molecule has 1 nitrogen and oxygen atoms in total. The molecule has 0 amide bonds. The predicted octanol–water partition coefficient (Wildman–Crippen LogP) is 4.07. The fourth-order valence-electron chi connectivity index (χ4n) is 1.46. The molecule has 3 heteroatoms. The molecule has 0 saturated heterocycles. The highest BCUT2D eigenvalue weighted by Crippen LogP contribution is 2.25. The number of halogens is 2. The first-order valence-electron chi connectivity index (χ1n) is 4.71. The SMILES string of the molecule is O=Cc1ccc(-c2ccc(Br)cc2F)cc1. The Labute approximate surface area is 101 Å². The number of rotatable bonds is 2. The first kappa shape index (κ1) is 11.0. The van der Waals surface area contributed by atoms with E-state index in [1.165, 1.54) is 6.07 Å². The first-order chi connectivity index (χ1) is 7.70. The van der Waals surface area contributed by atoms with Gasteiger partial charge in [-0.3, -0.25) is 4.79 Å². The number of carbonyl (C=O) groups excluding carboxylic acids is 1. The Morgan fingerprint density at radius 2 is 1.75 bits per heavy atom. The Bertz CT molecular complexity index is 520. The third-order valence-electron chi connectivity index (χ3n) is 2.29. The molecule has 0 bridgehead atoms. The summed E-state index contributed by atoms with van der Waals surface area (Å²) in [4.78, 5) is 10.5. The van der Waals surface area contributed by atoms with Crippen LogP contribution in [0, 0.1) is 5.82 Å². The summed E-state index contributed by atoms with van der Waals surface area (Å²) in [7, 11) is 0. The zero-order valence-electron chi connectivity index (χ0n) is 8.28. The molecular weight excluding hydrogens is 271 g/mol. The summed E-state index contributed by atoms with van der Waals surface area (Å²) >= 11 is 3.21. The minimum Gasteiger partial charge on any atom is -0.298 e. The van der Waals surface area contributed by atoms with Gasteiger partial charge in [0.05, 0.1) is 0 Å². The third kappa shape index (κ3) is 2.19. The van der Waals surface area contributed by atoms with Gasteiger partial charge < -0.3 is 0 Å². The fourth-order valence-corrected chi connectivity index (χ4v) is 1.80. The second-order valence-corrected chi connectivity index (χ2v) is 4.28. The minimum atomic E-state index is -0.284. The van der Waals surface area contributed by atoms with E-state index in [2.05, 4.69) is 15.9 Å². The lowest BCUT2D eigenvalue weighted by atomic mass is 10.0. The van der Waals surface area contributed by atoms with Gasteiger partial charge in [-0.1, -0.05) is 46.3 Å². The van der Waals surface area contributed by atoms with Gasteiger partial charge in [0.15, 0.2) is 0 Å². The van der Waals surface area contributed by atoms with Gasteiger partial charge in [-0.25, -0.2) is 4.39 Å². The van der Waals surface area contributed by atoms with Gasteiger partial charge in [0, 0.05) is 15.6 Å². The van der Waals surface area contributed by atoms with Crippen molar-refractivity contribution in [2.75, 3.05) is 0 Å². The molecule has 0 saturated carbocycles. The van der Waals surface area contributed by atoms with E-state index in [9.17, 15) is 9.18 Å². The smallest absolute Gasteiger partial charge is 0.150 e. The molecule has 0 heterocycles. The van der Waals surface area contributed by atoms with Crippen LogP contribution in [0.2, 0.25) is 0 Å². The maximum absolute atomic E-state index is 13.6. The average molecular weight is 279 g/mol. The van der Waals surface area contributed by atoms with Gasteiger partial charge in [-0.2, -0.15) is 0 Å². The van der Waals surface area contributed by atoms with Crippen molar-refractivity contribution < 1.29 is 9.18 Å². The van der Waals surface area contributed by atoms with Crippen molar-refractivity contribution in [3.05, 3.63) is 58.3 Å². The Balaban J connectivity index is 2.46. The highest BCUT2D eigenvalue weighted by molar-refractivity contribution is 9.10. The molecule has 0 unspecified atom stereocenters. The predicted molar refractivity (Wildman–Crippen MR) is 64.9 cm³/mol. The Hall–Kier alpha value is -1.48. The van der Waals surface area contributed by atoms with E-state index in [0.29, 0.717) is 15.6 Å². The highest BCUT2D eigenvalue weighted by Gasteiger charge is 2.05. The van der Waals surface area contributed by atoms with E-state index in [1.54, 1.807) is 36.4 Å². The molecule has 0 aliphatic carbocycles. The van der Waals surface area contributed by atoms with Crippen LogP contribution < -0.4 is 0 Å². The highest BCUT2D eigenvalue weighted by atomic mass is 79.9. The van der Waals surface area contributed by atoms with Crippen LogP contribution in [0.5, 0.6) is 0 Å². The summed E-state index contributed by atoms with van der Waals surface area (Å²) in [6.45, 7) is 0. The fraction of sp³-hybridized carbons (Fsp3) is 0. The molecule has 0 radical (unpaired) electrons. The number of carbonyl (C=O) groups is 1. The van der Waals surface area contributed by atoms with Crippen LogP contribution in [-0.4, -0.2) is 6.29 Å². The molecule has 2 rings (SSSR count). The third-order valence-corrected chi connectivity index (χ3v) is 2.78. The lowest BCUT2D eigenvalue weighted by Gasteiger charge is -2.04. The van der Waals surface area contributed by atoms with Crippen molar-refractivity contribution in [3.8, 4) is 11.1 Å². The van der Waals surface area contributed by atoms with Gasteiger partial charge in [0.25, 0.3) is 0 Å². The molecule has 0 aliphatic heterocycles. The van der Waals surface area contributed by atoms with E-state index >= 15 is 0 Å². The van der Waals surface area contributed by atoms with Crippen molar-refractivity contribution in [1.29, 1.82) is 0 Å². The normalized spacial score (nSPS) is 10.1. The van der Waals surface area contributed by atoms with E-state index in [1.807, 2.05) is 0 Å². The van der Waals surface area contributed by atoms with Crippen LogP contribution >= 0.6 is 15.9 Å².